The number of anilines is 3. The molecule has 1 aliphatic rings. The molecule has 1 saturated heterocycles. The van der Waals surface area contributed by atoms with Gasteiger partial charge in [0.15, 0.2) is 0 Å². The smallest absolute Gasteiger partial charge is 0.254 e. The summed E-state index contributed by atoms with van der Waals surface area (Å²) in [7, 11) is 0. The molecule has 1 aliphatic heterocycles. The van der Waals surface area contributed by atoms with E-state index < -0.39 is 0 Å². The zero-order chi connectivity index (χ0) is 20.8. The van der Waals surface area contributed by atoms with Crippen LogP contribution < -0.4 is 10.2 Å². The molecule has 0 saturated carbocycles. The van der Waals surface area contributed by atoms with E-state index in [4.69, 9.17) is 0 Å². The number of pyridine rings is 1. The Hall–Kier alpha value is -3.09. The Morgan fingerprint density at radius 1 is 1.00 bits per heavy atom. The van der Waals surface area contributed by atoms with Crippen LogP contribution in [0.1, 0.15) is 31.1 Å². The summed E-state index contributed by atoms with van der Waals surface area (Å²) in [4.78, 5) is 34.5. The van der Waals surface area contributed by atoms with Gasteiger partial charge in [0.25, 0.3) is 5.91 Å². The molecule has 7 heteroatoms. The minimum Gasteiger partial charge on any atom is -0.372 e. The first-order chi connectivity index (χ1) is 14.0. The molecule has 0 atom stereocenters. The van der Waals surface area contributed by atoms with E-state index in [0.717, 1.165) is 18.8 Å². The number of rotatable bonds is 6. The molecule has 0 aliphatic carbocycles. The van der Waals surface area contributed by atoms with Crippen molar-refractivity contribution in [3.8, 4) is 0 Å². The fourth-order valence-corrected chi connectivity index (χ4v) is 3.53. The number of hydrogen-bond donors (Lipinski definition) is 1. The first-order valence-electron chi connectivity index (χ1n) is 10.1. The molecular weight excluding hydrogens is 366 g/mol. The lowest BCUT2D eigenvalue weighted by Crippen LogP contribution is -2.50. The van der Waals surface area contributed by atoms with Gasteiger partial charge in [-0.15, -0.1) is 0 Å². The van der Waals surface area contributed by atoms with Gasteiger partial charge in [0.2, 0.25) is 5.91 Å². The van der Waals surface area contributed by atoms with Gasteiger partial charge in [-0.2, -0.15) is 0 Å². The maximum atomic E-state index is 12.8. The summed E-state index contributed by atoms with van der Waals surface area (Å²) in [5, 5.41) is 3.27. The standard InChI is InChI=1S/C22H29N5O2/c1-4-25(5-2)20-8-6-19(7-9-20)24-21-16-18(10-11-23-21)22(29)27-14-12-26(13-15-27)17(3)28/h6-11,16H,4-5,12-15H2,1-3H3,(H,23,24). The Balaban J connectivity index is 1.65. The number of aromatic nitrogens is 1. The average molecular weight is 396 g/mol. The molecule has 1 aromatic carbocycles. The zero-order valence-electron chi connectivity index (χ0n) is 17.4. The van der Waals surface area contributed by atoms with Crippen LogP contribution in [0.25, 0.3) is 0 Å². The van der Waals surface area contributed by atoms with Crippen molar-refractivity contribution in [2.24, 2.45) is 0 Å². The highest BCUT2D eigenvalue weighted by atomic mass is 16.2. The third-order valence-corrected chi connectivity index (χ3v) is 5.29. The maximum Gasteiger partial charge on any atom is 0.254 e. The fourth-order valence-electron chi connectivity index (χ4n) is 3.53. The topological polar surface area (TPSA) is 68.8 Å². The second kappa shape index (κ2) is 9.41. The molecule has 2 aromatic rings. The lowest BCUT2D eigenvalue weighted by Gasteiger charge is -2.34. The van der Waals surface area contributed by atoms with E-state index in [1.165, 1.54) is 5.69 Å². The second-order valence-electron chi connectivity index (χ2n) is 7.07. The Kier molecular flexibility index (Phi) is 6.69. The molecule has 1 aromatic heterocycles. The van der Waals surface area contributed by atoms with Crippen LogP contribution >= 0.6 is 0 Å². The normalized spacial score (nSPS) is 13.9. The summed E-state index contributed by atoms with van der Waals surface area (Å²) >= 11 is 0. The highest BCUT2D eigenvalue weighted by Crippen LogP contribution is 2.21. The van der Waals surface area contributed by atoms with Gasteiger partial charge < -0.3 is 20.0 Å². The summed E-state index contributed by atoms with van der Waals surface area (Å²) < 4.78 is 0. The van der Waals surface area contributed by atoms with Crippen LogP contribution in [-0.4, -0.2) is 65.9 Å². The number of carbonyl (C=O) groups excluding carboxylic acids is 2. The lowest BCUT2D eigenvalue weighted by atomic mass is 10.2. The SMILES string of the molecule is CCN(CC)c1ccc(Nc2cc(C(=O)N3CCN(C(C)=O)CC3)ccn2)cc1. The number of hydrogen-bond acceptors (Lipinski definition) is 5. The Morgan fingerprint density at radius 3 is 2.21 bits per heavy atom. The monoisotopic (exact) mass is 395 g/mol. The molecule has 0 unspecified atom stereocenters. The fraction of sp³-hybridized carbons (Fsp3) is 0.409. The summed E-state index contributed by atoms with van der Waals surface area (Å²) in [5.74, 6) is 0.656. The Bertz CT molecular complexity index is 841. The molecule has 3 rings (SSSR count). The maximum absolute atomic E-state index is 12.8. The van der Waals surface area contributed by atoms with Crippen molar-refractivity contribution < 1.29 is 9.59 Å². The van der Waals surface area contributed by atoms with Gasteiger partial charge in [-0.3, -0.25) is 9.59 Å². The summed E-state index contributed by atoms with van der Waals surface area (Å²) in [6.45, 7) is 10.0. The summed E-state index contributed by atoms with van der Waals surface area (Å²) in [6.07, 6.45) is 1.64. The van der Waals surface area contributed by atoms with E-state index in [0.29, 0.717) is 37.6 Å². The van der Waals surface area contributed by atoms with Crippen molar-refractivity contribution in [2.45, 2.75) is 20.8 Å². The van der Waals surface area contributed by atoms with Crippen LogP contribution in [-0.2, 0) is 4.79 Å². The number of nitrogens with zero attached hydrogens (tertiary/aromatic N) is 4. The van der Waals surface area contributed by atoms with E-state index in [1.54, 1.807) is 35.1 Å². The van der Waals surface area contributed by atoms with Gasteiger partial charge in [0.1, 0.15) is 5.82 Å². The minimum absolute atomic E-state index is 0.0319. The predicted molar refractivity (Wildman–Crippen MR) is 116 cm³/mol. The number of piperazine rings is 1. The zero-order valence-corrected chi connectivity index (χ0v) is 17.4. The van der Waals surface area contributed by atoms with Crippen molar-refractivity contribution >= 4 is 29.0 Å². The molecule has 0 spiro atoms. The van der Waals surface area contributed by atoms with Gasteiger partial charge >= 0.3 is 0 Å². The number of benzene rings is 1. The van der Waals surface area contributed by atoms with Crippen molar-refractivity contribution in [3.63, 3.8) is 0 Å². The molecule has 1 fully saturated rings. The lowest BCUT2D eigenvalue weighted by molar-refractivity contribution is -0.130. The molecule has 0 bridgehead atoms. The average Bonchev–Trinajstić information content (AvgIpc) is 2.75. The first-order valence-corrected chi connectivity index (χ1v) is 10.1. The number of amides is 2. The number of nitrogens with one attached hydrogen (secondary N) is 1. The van der Waals surface area contributed by atoms with E-state index in [9.17, 15) is 9.59 Å². The van der Waals surface area contributed by atoms with Gasteiger partial charge in [-0.25, -0.2) is 4.98 Å². The third kappa shape index (κ3) is 5.04. The Morgan fingerprint density at radius 2 is 1.62 bits per heavy atom. The molecule has 2 amide bonds. The highest BCUT2D eigenvalue weighted by Gasteiger charge is 2.23. The quantitative estimate of drug-likeness (QED) is 0.814. The largest absolute Gasteiger partial charge is 0.372 e. The van der Waals surface area contributed by atoms with Gasteiger partial charge in [0, 0.05) is 69.3 Å². The molecule has 29 heavy (non-hydrogen) atoms. The van der Waals surface area contributed by atoms with Crippen LogP contribution in [0.4, 0.5) is 17.2 Å². The van der Waals surface area contributed by atoms with Crippen LogP contribution in [0.5, 0.6) is 0 Å². The molecular formula is C22H29N5O2. The van der Waals surface area contributed by atoms with Gasteiger partial charge in [0.05, 0.1) is 0 Å². The van der Waals surface area contributed by atoms with E-state index in [2.05, 4.69) is 41.2 Å². The molecule has 0 radical (unpaired) electrons. The van der Waals surface area contributed by atoms with Gasteiger partial charge in [-0.1, -0.05) is 0 Å². The van der Waals surface area contributed by atoms with Crippen LogP contribution in [0, 0.1) is 0 Å². The van der Waals surface area contributed by atoms with Crippen molar-refractivity contribution in [2.75, 3.05) is 49.5 Å². The van der Waals surface area contributed by atoms with E-state index >= 15 is 0 Å². The highest BCUT2D eigenvalue weighted by molar-refractivity contribution is 5.95. The molecule has 7 nitrogen and oxygen atoms in total. The first kappa shape index (κ1) is 20.6. The second-order valence-corrected chi connectivity index (χ2v) is 7.07. The van der Waals surface area contributed by atoms with Crippen molar-refractivity contribution in [3.05, 3.63) is 48.2 Å². The van der Waals surface area contributed by atoms with E-state index in [1.807, 2.05) is 12.1 Å². The third-order valence-electron chi connectivity index (χ3n) is 5.29. The van der Waals surface area contributed by atoms with Crippen molar-refractivity contribution in [1.82, 2.24) is 14.8 Å². The van der Waals surface area contributed by atoms with Gasteiger partial charge in [-0.05, 0) is 50.2 Å². The Labute approximate surface area is 172 Å². The van der Waals surface area contributed by atoms with Crippen LogP contribution in [0.15, 0.2) is 42.6 Å². The van der Waals surface area contributed by atoms with Crippen LogP contribution in [0.2, 0.25) is 0 Å². The molecule has 2 heterocycles. The molecule has 1 N–H and O–H groups in total. The van der Waals surface area contributed by atoms with Crippen molar-refractivity contribution in [1.29, 1.82) is 0 Å². The van der Waals surface area contributed by atoms with E-state index in [-0.39, 0.29) is 11.8 Å². The molecule has 154 valence electrons. The summed E-state index contributed by atoms with van der Waals surface area (Å²) in [6, 6.07) is 11.7. The predicted octanol–water partition coefficient (Wildman–Crippen LogP) is 2.98. The van der Waals surface area contributed by atoms with Crippen LogP contribution in [0.3, 0.4) is 0 Å². The minimum atomic E-state index is -0.0319. The summed E-state index contributed by atoms with van der Waals surface area (Å²) in [5.41, 5.74) is 2.70. The number of carbonyl (C=O) groups is 2.